The van der Waals surface area contributed by atoms with Crippen molar-refractivity contribution in [1.82, 2.24) is 15.1 Å². The van der Waals surface area contributed by atoms with Crippen LogP contribution in [0.2, 0.25) is 0 Å². The van der Waals surface area contributed by atoms with Crippen LogP contribution in [-0.2, 0) is 11.3 Å². The lowest BCUT2D eigenvalue weighted by Crippen LogP contribution is -2.54. The molecule has 0 bridgehead atoms. The van der Waals surface area contributed by atoms with Gasteiger partial charge in [-0.2, -0.15) is 0 Å². The fraction of sp³-hybridized carbons (Fsp3) is 0.435. The molecule has 1 saturated heterocycles. The summed E-state index contributed by atoms with van der Waals surface area (Å²) < 4.78 is 10.9. The SMILES string of the molecule is COc1ccc(CNC(=O)[C@@H](C)N2CCN(CCOc3ccccc3)CC2)cc1. The minimum Gasteiger partial charge on any atom is -0.497 e. The van der Waals surface area contributed by atoms with Gasteiger partial charge in [-0.3, -0.25) is 14.6 Å². The molecule has 0 aromatic heterocycles. The molecule has 6 nitrogen and oxygen atoms in total. The molecule has 1 atom stereocenters. The van der Waals surface area contributed by atoms with Crippen molar-refractivity contribution in [3.8, 4) is 11.5 Å². The van der Waals surface area contributed by atoms with Crippen LogP contribution < -0.4 is 14.8 Å². The van der Waals surface area contributed by atoms with Crippen LogP contribution in [0.5, 0.6) is 11.5 Å². The van der Waals surface area contributed by atoms with E-state index in [1.54, 1.807) is 7.11 Å². The van der Waals surface area contributed by atoms with Gasteiger partial charge in [-0.05, 0) is 36.8 Å². The molecular formula is C23H31N3O3. The Kier molecular flexibility index (Phi) is 7.90. The molecule has 1 heterocycles. The molecule has 0 aliphatic carbocycles. The van der Waals surface area contributed by atoms with Crippen molar-refractivity contribution < 1.29 is 14.3 Å². The first kappa shape index (κ1) is 21.1. The topological polar surface area (TPSA) is 54.0 Å². The van der Waals surface area contributed by atoms with Crippen LogP contribution in [-0.4, -0.2) is 68.2 Å². The molecule has 1 amide bonds. The van der Waals surface area contributed by atoms with Crippen LogP contribution in [0, 0.1) is 0 Å². The second-order valence-electron chi connectivity index (χ2n) is 7.28. The number of hydrogen-bond acceptors (Lipinski definition) is 5. The summed E-state index contributed by atoms with van der Waals surface area (Å²) in [5.74, 6) is 1.80. The number of para-hydroxylation sites is 1. The van der Waals surface area contributed by atoms with Gasteiger partial charge in [-0.15, -0.1) is 0 Å². The first-order valence-electron chi connectivity index (χ1n) is 10.2. The largest absolute Gasteiger partial charge is 0.497 e. The van der Waals surface area contributed by atoms with Crippen LogP contribution in [0.1, 0.15) is 12.5 Å². The van der Waals surface area contributed by atoms with E-state index in [1.807, 2.05) is 61.5 Å². The van der Waals surface area contributed by atoms with Crippen LogP contribution in [0.3, 0.4) is 0 Å². The predicted molar refractivity (Wildman–Crippen MR) is 114 cm³/mol. The van der Waals surface area contributed by atoms with E-state index in [4.69, 9.17) is 9.47 Å². The number of benzene rings is 2. The molecule has 0 radical (unpaired) electrons. The van der Waals surface area contributed by atoms with Gasteiger partial charge in [0.2, 0.25) is 5.91 Å². The maximum Gasteiger partial charge on any atom is 0.237 e. The summed E-state index contributed by atoms with van der Waals surface area (Å²) in [7, 11) is 1.65. The van der Waals surface area contributed by atoms with Gasteiger partial charge in [0.05, 0.1) is 13.2 Å². The summed E-state index contributed by atoms with van der Waals surface area (Å²) in [6.07, 6.45) is 0. The molecule has 1 fully saturated rings. The summed E-state index contributed by atoms with van der Waals surface area (Å²) in [4.78, 5) is 17.2. The van der Waals surface area contributed by atoms with Gasteiger partial charge < -0.3 is 14.8 Å². The molecular weight excluding hydrogens is 366 g/mol. The van der Waals surface area contributed by atoms with Gasteiger partial charge in [-0.1, -0.05) is 30.3 Å². The third-order valence-electron chi connectivity index (χ3n) is 5.38. The Bertz CT molecular complexity index is 744. The highest BCUT2D eigenvalue weighted by Gasteiger charge is 2.25. The molecule has 156 valence electrons. The Morgan fingerprint density at radius 2 is 1.69 bits per heavy atom. The summed E-state index contributed by atoms with van der Waals surface area (Å²) in [6, 6.07) is 17.5. The number of piperazine rings is 1. The number of rotatable bonds is 9. The van der Waals surface area contributed by atoms with Crippen molar-refractivity contribution >= 4 is 5.91 Å². The summed E-state index contributed by atoms with van der Waals surface area (Å²) in [5.41, 5.74) is 1.06. The summed E-state index contributed by atoms with van der Waals surface area (Å²) in [5, 5.41) is 3.04. The third kappa shape index (κ3) is 6.48. The Labute approximate surface area is 173 Å². The first-order chi connectivity index (χ1) is 14.2. The molecule has 1 aliphatic rings. The molecule has 0 unspecified atom stereocenters. The second-order valence-corrected chi connectivity index (χ2v) is 7.28. The maximum absolute atomic E-state index is 12.5. The molecule has 2 aromatic rings. The van der Waals surface area contributed by atoms with Crippen LogP contribution >= 0.6 is 0 Å². The van der Waals surface area contributed by atoms with Gasteiger partial charge in [0, 0.05) is 39.3 Å². The molecule has 29 heavy (non-hydrogen) atoms. The lowest BCUT2D eigenvalue weighted by atomic mass is 10.2. The van der Waals surface area contributed by atoms with E-state index in [0.29, 0.717) is 13.2 Å². The molecule has 3 rings (SSSR count). The zero-order chi connectivity index (χ0) is 20.5. The summed E-state index contributed by atoms with van der Waals surface area (Å²) in [6.45, 7) is 7.79. The van der Waals surface area contributed by atoms with Gasteiger partial charge in [-0.25, -0.2) is 0 Å². The van der Waals surface area contributed by atoms with Crippen molar-refractivity contribution in [2.24, 2.45) is 0 Å². The highest BCUT2D eigenvalue weighted by molar-refractivity contribution is 5.81. The van der Waals surface area contributed by atoms with E-state index in [2.05, 4.69) is 15.1 Å². The molecule has 0 spiro atoms. The molecule has 6 heteroatoms. The number of amides is 1. The summed E-state index contributed by atoms with van der Waals surface area (Å²) >= 11 is 0. The minimum atomic E-state index is -0.129. The molecule has 1 N–H and O–H groups in total. The Balaban J connectivity index is 1.35. The zero-order valence-corrected chi connectivity index (χ0v) is 17.3. The van der Waals surface area contributed by atoms with Gasteiger partial charge in [0.15, 0.2) is 0 Å². The van der Waals surface area contributed by atoms with Crippen molar-refractivity contribution in [2.45, 2.75) is 19.5 Å². The lowest BCUT2D eigenvalue weighted by Gasteiger charge is -2.37. The van der Waals surface area contributed by atoms with Crippen LogP contribution in [0.25, 0.3) is 0 Å². The fourth-order valence-electron chi connectivity index (χ4n) is 3.43. The quantitative estimate of drug-likeness (QED) is 0.704. The second kappa shape index (κ2) is 10.8. The third-order valence-corrected chi connectivity index (χ3v) is 5.38. The number of nitrogens with zero attached hydrogens (tertiary/aromatic N) is 2. The number of methoxy groups -OCH3 is 1. The number of carbonyl (C=O) groups excluding carboxylic acids is 1. The average molecular weight is 398 g/mol. The monoisotopic (exact) mass is 397 g/mol. The first-order valence-corrected chi connectivity index (χ1v) is 10.2. The normalized spacial score (nSPS) is 16.2. The van der Waals surface area contributed by atoms with Crippen molar-refractivity contribution in [3.63, 3.8) is 0 Å². The molecule has 2 aromatic carbocycles. The predicted octanol–water partition coefficient (Wildman–Crippen LogP) is 2.40. The minimum absolute atomic E-state index is 0.0710. The van der Waals surface area contributed by atoms with E-state index in [9.17, 15) is 4.79 Å². The zero-order valence-electron chi connectivity index (χ0n) is 17.3. The van der Waals surface area contributed by atoms with Gasteiger partial charge >= 0.3 is 0 Å². The van der Waals surface area contributed by atoms with E-state index >= 15 is 0 Å². The standard InChI is InChI=1S/C23H31N3O3/c1-19(23(27)24-18-20-8-10-21(28-2)11-9-20)26-14-12-25(13-15-26)16-17-29-22-6-4-3-5-7-22/h3-11,19H,12-18H2,1-2H3,(H,24,27)/t19-/m1/s1. The van der Waals surface area contributed by atoms with Crippen molar-refractivity contribution in [3.05, 3.63) is 60.2 Å². The number of hydrogen-bond donors (Lipinski definition) is 1. The van der Waals surface area contributed by atoms with Gasteiger partial charge in [0.1, 0.15) is 18.1 Å². The Morgan fingerprint density at radius 3 is 2.34 bits per heavy atom. The number of nitrogens with one attached hydrogen (secondary N) is 1. The maximum atomic E-state index is 12.5. The van der Waals surface area contributed by atoms with Gasteiger partial charge in [0.25, 0.3) is 0 Å². The van der Waals surface area contributed by atoms with Crippen LogP contribution in [0.4, 0.5) is 0 Å². The Morgan fingerprint density at radius 1 is 1.00 bits per heavy atom. The number of carbonyl (C=O) groups is 1. The lowest BCUT2D eigenvalue weighted by molar-refractivity contribution is -0.126. The fourth-order valence-corrected chi connectivity index (χ4v) is 3.43. The van der Waals surface area contributed by atoms with E-state index in [-0.39, 0.29) is 11.9 Å². The van der Waals surface area contributed by atoms with Crippen molar-refractivity contribution in [2.75, 3.05) is 46.4 Å². The highest BCUT2D eigenvalue weighted by Crippen LogP contribution is 2.12. The van der Waals surface area contributed by atoms with E-state index < -0.39 is 0 Å². The highest BCUT2D eigenvalue weighted by atomic mass is 16.5. The number of ether oxygens (including phenoxy) is 2. The van der Waals surface area contributed by atoms with Crippen molar-refractivity contribution in [1.29, 1.82) is 0 Å². The Hall–Kier alpha value is -2.57. The smallest absolute Gasteiger partial charge is 0.237 e. The molecule has 0 saturated carbocycles. The van der Waals surface area contributed by atoms with E-state index in [0.717, 1.165) is 49.8 Å². The molecule has 1 aliphatic heterocycles. The average Bonchev–Trinajstić information content (AvgIpc) is 2.78. The van der Waals surface area contributed by atoms with Crippen LogP contribution in [0.15, 0.2) is 54.6 Å². The van der Waals surface area contributed by atoms with E-state index in [1.165, 1.54) is 0 Å².